The van der Waals surface area contributed by atoms with Crippen LogP contribution >= 0.6 is 0 Å². The molecule has 0 N–H and O–H groups in total. The van der Waals surface area contributed by atoms with E-state index in [2.05, 4.69) is 35.6 Å². The Hall–Kier alpha value is -1.22. The van der Waals surface area contributed by atoms with Gasteiger partial charge in [0.2, 0.25) is 10.0 Å². The first kappa shape index (κ1) is 26.4. The molecule has 0 bridgehead atoms. The first-order valence-electron chi connectivity index (χ1n) is 14.1. The standard InChI is InChI=1S/C28H46N4O3S/c1-26(2,3)6-14-30-15-7-27(8-16-30)11-19-32(20-12-27)36(33,34)24-4-5-25(29-22-24)31-17-9-28(10-18-31)13-21-35-23-28/h4-5,22H,6-21,23H2,1-3H3. The zero-order valence-corrected chi connectivity index (χ0v) is 23.5. The number of ether oxygens (including phenoxy) is 1. The summed E-state index contributed by atoms with van der Waals surface area (Å²) in [7, 11) is -3.49. The summed E-state index contributed by atoms with van der Waals surface area (Å²) in [5, 5.41) is 0. The van der Waals surface area contributed by atoms with Crippen molar-refractivity contribution in [3.05, 3.63) is 18.3 Å². The molecule has 0 saturated carbocycles. The van der Waals surface area contributed by atoms with E-state index in [1.165, 1.54) is 25.8 Å². The van der Waals surface area contributed by atoms with Crippen molar-refractivity contribution in [3.8, 4) is 0 Å². The molecule has 5 heterocycles. The molecule has 7 nitrogen and oxygen atoms in total. The van der Waals surface area contributed by atoms with Crippen LogP contribution in [0.2, 0.25) is 0 Å². The molecule has 4 aliphatic heterocycles. The Morgan fingerprint density at radius 1 is 0.889 bits per heavy atom. The van der Waals surface area contributed by atoms with Gasteiger partial charge in [0.05, 0.1) is 6.61 Å². The zero-order valence-electron chi connectivity index (χ0n) is 22.7. The maximum atomic E-state index is 13.4. The van der Waals surface area contributed by atoms with Crippen LogP contribution < -0.4 is 4.90 Å². The van der Waals surface area contributed by atoms with Gasteiger partial charge in [-0.3, -0.25) is 0 Å². The van der Waals surface area contributed by atoms with Crippen LogP contribution in [0.1, 0.15) is 72.1 Å². The molecule has 0 amide bonds. The number of aromatic nitrogens is 1. The summed E-state index contributed by atoms with van der Waals surface area (Å²) in [4.78, 5) is 9.82. The van der Waals surface area contributed by atoms with E-state index >= 15 is 0 Å². The lowest BCUT2D eigenvalue weighted by atomic mass is 9.71. The average molecular weight is 519 g/mol. The van der Waals surface area contributed by atoms with Gasteiger partial charge in [-0.25, -0.2) is 13.4 Å². The van der Waals surface area contributed by atoms with Crippen molar-refractivity contribution >= 4 is 15.8 Å². The van der Waals surface area contributed by atoms with Crippen molar-refractivity contribution < 1.29 is 13.2 Å². The number of piperidine rings is 3. The number of hydrogen-bond acceptors (Lipinski definition) is 6. The van der Waals surface area contributed by atoms with Gasteiger partial charge in [-0.1, -0.05) is 20.8 Å². The van der Waals surface area contributed by atoms with E-state index in [0.717, 1.165) is 77.3 Å². The molecule has 36 heavy (non-hydrogen) atoms. The van der Waals surface area contributed by atoms with E-state index in [4.69, 9.17) is 4.74 Å². The third kappa shape index (κ3) is 5.77. The summed E-state index contributed by atoms with van der Waals surface area (Å²) in [6.45, 7) is 15.4. The quantitative estimate of drug-likeness (QED) is 0.576. The normalized spacial score (nSPS) is 25.6. The number of rotatable bonds is 5. The lowest BCUT2D eigenvalue weighted by Crippen LogP contribution is -2.48. The van der Waals surface area contributed by atoms with Crippen molar-refractivity contribution in [2.45, 2.75) is 77.0 Å². The van der Waals surface area contributed by atoms with Gasteiger partial charge in [0.1, 0.15) is 10.7 Å². The largest absolute Gasteiger partial charge is 0.381 e. The molecule has 0 aliphatic carbocycles. The fraction of sp³-hybridized carbons (Fsp3) is 0.821. The Morgan fingerprint density at radius 2 is 1.53 bits per heavy atom. The first-order valence-corrected chi connectivity index (χ1v) is 15.5. The maximum Gasteiger partial charge on any atom is 0.244 e. The highest BCUT2D eigenvalue weighted by Crippen LogP contribution is 2.43. The second-order valence-electron chi connectivity index (χ2n) is 13.2. The number of nitrogens with zero attached hydrogens (tertiary/aromatic N) is 4. The van der Waals surface area contributed by atoms with E-state index in [-0.39, 0.29) is 0 Å². The number of sulfonamides is 1. The molecule has 8 heteroatoms. The molecule has 4 aliphatic rings. The molecule has 202 valence electrons. The Labute approximate surface area is 218 Å². The highest BCUT2D eigenvalue weighted by atomic mass is 32.2. The van der Waals surface area contributed by atoms with Crippen LogP contribution in [0.25, 0.3) is 0 Å². The average Bonchev–Trinajstić information content (AvgIpc) is 3.32. The van der Waals surface area contributed by atoms with Crippen molar-refractivity contribution in [2.24, 2.45) is 16.2 Å². The van der Waals surface area contributed by atoms with Crippen LogP contribution in [0.15, 0.2) is 23.2 Å². The zero-order chi connectivity index (χ0) is 25.4. The van der Waals surface area contributed by atoms with Crippen LogP contribution in [-0.4, -0.2) is 81.6 Å². The van der Waals surface area contributed by atoms with Crippen molar-refractivity contribution in [2.75, 3.05) is 63.9 Å². The fourth-order valence-corrected chi connectivity index (χ4v) is 7.95. The Kier molecular flexibility index (Phi) is 7.45. The predicted molar refractivity (Wildman–Crippen MR) is 144 cm³/mol. The Morgan fingerprint density at radius 3 is 2.08 bits per heavy atom. The molecule has 0 radical (unpaired) electrons. The summed E-state index contributed by atoms with van der Waals surface area (Å²) in [6, 6.07) is 3.66. The van der Waals surface area contributed by atoms with Crippen molar-refractivity contribution in [1.82, 2.24) is 14.2 Å². The van der Waals surface area contributed by atoms with E-state index in [1.807, 2.05) is 6.07 Å². The van der Waals surface area contributed by atoms with Gasteiger partial charge in [-0.15, -0.1) is 0 Å². The number of pyridine rings is 1. The molecule has 4 fully saturated rings. The van der Waals surface area contributed by atoms with E-state index in [0.29, 0.717) is 34.2 Å². The SMILES string of the molecule is CC(C)(C)CCN1CCC2(CC1)CCN(S(=O)(=O)c1ccc(N3CCC4(CCOC4)CC3)nc1)CC2. The molecule has 0 aromatic carbocycles. The highest BCUT2D eigenvalue weighted by molar-refractivity contribution is 7.89. The summed E-state index contributed by atoms with van der Waals surface area (Å²) in [5.41, 5.74) is 1.06. The van der Waals surface area contributed by atoms with Gasteiger partial charge in [0.25, 0.3) is 0 Å². The van der Waals surface area contributed by atoms with Crippen LogP contribution in [0, 0.1) is 16.2 Å². The van der Waals surface area contributed by atoms with Crippen LogP contribution in [0.3, 0.4) is 0 Å². The smallest absolute Gasteiger partial charge is 0.244 e. The van der Waals surface area contributed by atoms with Crippen molar-refractivity contribution in [1.29, 1.82) is 0 Å². The topological polar surface area (TPSA) is 66.0 Å². The molecule has 5 rings (SSSR count). The number of likely N-dealkylation sites (tertiary alicyclic amines) is 1. The molecular formula is C28H46N4O3S. The second-order valence-corrected chi connectivity index (χ2v) is 15.1. The Balaban J connectivity index is 1.13. The fourth-order valence-electron chi connectivity index (χ4n) is 6.56. The minimum Gasteiger partial charge on any atom is -0.381 e. The summed E-state index contributed by atoms with van der Waals surface area (Å²) < 4.78 is 34.1. The lowest BCUT2D eigenvalue weighted by Gasteiger charge is -2.46. The molecule has 1 aromatic heterocycles. The first-order chi connectivity index (χ1) is 17.1. The van der Waals surface area contributed by atoms with E-state index in [1.54, 1.807) is 16.6 Å². The predicted octanol–water partition coefficient (Wildman–Crippen LogP) is 4.39. The van der Waals surface area contributed by atoms with E-state index in [9.17, 15) is 8.42 Å². The Bertz CT molecular complexity index is 971. The third-order valence-corrected chi connectivity index (χ3v) is 11.5. The molecule has 1 aromatic rings. The minimum absolute atomic E-state index is 0.322. The van der Waals surface area contributed by atoms with Gasteiger partial charge < -0.3 is 14.5 Å². The molecule has 0 atom stereocenters. The second kappa shape index (κ2) is 10.2. The molecular weight excluding hydrogens is 472 g/mol. The number of hydrogen-bond donors (Lipinski definition) is 0. The van der Waals surface area contributed by atoms with Crippen molar-refractivity contribution in [3.63, 3.8) is 0 Å². The van der Waals surface area contributed by atoms with Crippen LogP contribution in [0.4, 0.5) is 5.82 Å². The van der Waals surface area contributed by atoms with E-state index < -0.39 is 10.0 Å². The summed E-state index contributed by atoms with van der Waals surface area (Å²) >= 11 is 0. The number of anilines is 1. The lowest BCUT2D eigenvalue weighted by molar-refractivity contribution is 0.0518. The van der Waals surface area contributed by atoms with Crippen LogP contribution in [-0.2, 0) is 14.8 Å². The molecule has 2 spiro atoms. The van der Waals surface area contributed by atoms with Gasteiger partial charge in [-0.2, -0.15) is 4.31 Å². The van der Waals surface area contributed by atoms with Gasteiger partial charge in [0, 0.05) is 39.0 Å². The minimum atomic E-state index is -3.49. The maximum absolute atomic E-state index is 13.4. The molecule has 4 saturated heterocycles. The highest BCUT2D eigenvalue weighted by Gasteiger charge is 2.41. The van der Waals surface area contributed by atoms with Gasteiger partial charge >= 0.3 is 0 Å². The van der Waals surface area contributed by atoms with Gasteiger partial charge in [-0.05, 0) is 99.4 Å². The molecule has 0 unspecified atom stereocenters. The monoisotopic (exact) mass is 518 g/mol. The van der Waals surface area contributed by atoms with Crippen LogP contribution in [0.5, 0.6) is 0 Å². The van der Waals surface area contributed by atoms with Gasteiger partial charge in [0.15, 0.2) is 0 Å². The summed E-state index contributed by atoms with van der Waals surface area (Å²) in [6.07, 6.45) is 10.6. The third-order valence-electron chi connectivity index (χ3n) is 9.57. The summed E-state index contributed by atoms with van der Waals surface area (Å²) in [5.74, 6) is 0.888.